The molecule has 154 valence electrons. The molecule has 4 aromatic rings. The summed E-state index contributed by atoms with van der Waals surface area (Å²) in [5, 5.41) is 3.64. The van der Waals surface area contributed by atoms with Crippen LogP contribution in [0.15, 0.2) is 103 Å². The van der Waals surface area contributed by atoms with Crippen molar-refractivity contribution in [3.05, 3.63) is 108 Å². The number of hydrogen-bond acceptors (Lipinski definition) is 1. The van der Waals surface area contributed by atoms with E-state index in [9.17, 15) is 0 Å². The van der Waals surface area contributed by atoms with Gasteiger partial charge in [-0.2, -0.15) is 5.10 Å². The number of allylic oxidation sites excluding steroid dienone is 2. The van der Waals surface area contributed by atoms with Crippen LogP contribution in [-0.4, -0.2) is 12.1 Å². The number of anilines is 1. The second kappa shape index (κ2) is 7.59. The first-order chi connectivity index (χ1) is 15.1. The van der Waals surface area contributed by atoms with Crippen molar-refractivity contribution in [2.24, 2.45) is 0 Å². The molecule has 3 heteroatoms. The van der Waals surface area contributed by atoms with Crippen molar-refractivity contribution >= 4 is 5.69 Å². The third kappa shape index (κ3) is 3.36. The predicted molar refractivity (Wildman–Crippen MR) is 128 cm³/mol. The molecule has 0 fully saturated rings. The zero-order chi connectivity index (χ0) is 21.4. The lowest BCUT2D eigenvalue weighted by atomic mass is 9.84. The number of likely N-dealkylation sites (N-methyl/N-ethyl adjacent to an activating group) is 1. The summed E-state index contributed by atoms with van der Waals surface area (Å²) >= 11 is 0. The normalized spacial score (nSPS) is 16.0. The number of aromatic nitrogens is 2. The molecule has 0 unspecified atom stereocenters. The third-order valence-electron chi connectivity index (χ3n) is 6.39. The van der Waals surface area contributed by atoms with Crippen molar-refractivity contribution in [2.45, 2.75) is 25.8 Å². The molecule has 1 aromatic heterocycles. The second-order valence-corrected chi connectivity index (χ2v) is 8.69. The predicted octanol–water partition coefficient (Wildman–Crippen LogP) is 5.95. The molecule has 1 N–H and O–H groups in total. The molecule has 3 aromatic carbocycles. The van der Waals surface area contributed by atoms with E-state index >= 15 is 0 Å². The van der Waals surface area contributed by atoms with Crippen LogP contribution >= 0.6 is 0 Å². The zero-order valence-corrected chi connectivity index (χ0v) is 18.3. The Morgan fingerprint density at radius 3 is 2.13 bits per heavy atom. The molecule has 0 radical (unpaired) electrons. The summed E-state index contributed by atoms with van der Waals surface area (Å²) in [4.78, 5) is 2.33. The SMILES string of the molecule is CN1C(=CC[n+]2[nH]c(-c3ccccc3)cc2-c2ccccc2)C(C)(C)c2ccccc21. The Bertz CT molecular complexity index is 1230. The first kappa shape index (κ1) is 19.4. The number of fused-ring (bicyclic) bond motifs is 1. The minimum absolute atomic E-state index is 0.0202. The van der Waals surface area contributed by atoms with Crippen molar-refractivity contribution in [1.82, 2.24) is 5.10 Å². The number of rotatable bonds is 4. The van der Waals surface area contributed by atoms with E-state index in [2.05, 4.69) is 133 Å². The van der Waals surface area contributed by atoms with E-state index in [0.717, 1.165) is 12.2 Å². The highest BCUT2D eigenvalue weighted by molar-refractivity contribution is 5.70. The van der Waals surface area contributed by atoms with Crippen molar-refractivity contribution in [2.75, 3.05) is 11.9 Å². The van der Waals surface area contributed by atoms with Gasteiger partial charge >= 0.3 is 0 Å². The van der Waals surface area contributed by atoms with Gasteiger partial charge in [0.15, 0.2) is 6.54 Å². The molecular weight excluding hydrogens is 378 g/mol. The van der Waals surface area contributed by atoms with Crippen molar-refractivity contribution in [3.8, 4) is 22.5 Å². The van der Waals surface area contributed by atoms with Gasteiger partial charge in [-0.3, -0.25) is 0 Å². The van der Waals surface area contributed by atoms with Crippen LogP contribution in [0.25, 0.3) is 22.5 Å². The molecule has 0 aliphatic carbocycles. The van der Waals surface area contributed by atoms with Crippen molar-refractivity contribution in [3.63, 3.8) is 0 Å². The lowest BCUT2D eigenvalue weighted by Gasteiger charge is -2.23. The molecule has 0 spiro atoms. The van der Waals surface area contributed by atoms with Gasteiger partial charge in [0, 0.05) is 47.1 Å². The molecule has 2 heterocycles. The Morgan fingerprint density at radius 2 is 1.45 bits per heavy atom. The Morgan fingerprint density at radius 1 is 0.839 bits per heavy atom. The van der Waals surface area contributed by atoms with Gasteiger partial charge in [0.05, 0.1) is 0 Å². The first-order valence-corrected chi connectivity index (χ1v) is 10.8. The van der Waals surface area contributed by atoms with E-state index in [1.807, 2.05) is 0 Å². The highest BCUT2D eigenvalue weighted by atomic mass is 15.3. The molecule has 0 saturated carbocycles. The number of hydrogen-bond donors (Lipinski definition) is 1. The molecule has 1 aliphatic rings. The first-order valence-electron chi connectivity index (χ1n) is 10.8. The summed E-state index contributed by atoms with van der Waals surface area (Å²) in [5.41, 5.74) is 8.70. The lowest BCUT2D eigenvalue weighted by Crippen LogP contribution is -2.38. The van der Waals surface area contributed by atoms with E-state index in [1.165, 1.54) is 33.8 Å². The fraction of sp³-hybridized carbons (Fsp3) is 0.179. The van der Waals surface area contributed by atoms with Gasteiger partial charge in [0.2, 0.25) is 5.69 Å². The Hall–Kier alpha value is -3.59. The van der Waals surface area contributed by atoms with Crippen LogP contribution < -0.4 is 9.58 Å². The molecular formula is C28H28N3+. The van der Waals surface area contributed by atoms with Crippen LogP contribution in [0.1, 0.15) is 19.4 Å². The van der Waals surface area contributed by atoms with E-state index < -0.39 is 0 Å². The zero-order valence-electron chi connectivity index (χ0n) is 18.3. The maximum atomic E-state index is 3.64. The summed E-state index contributed by atoms with van der Waals surface area (Å²) in [5.74, 6) is 0. The van der Waals surface area contributed by atoms with E-state index in [4.69, 9.17) is 0 Å². The Labute approximate surface area is 184 Å². The third-order valence-corrected chi connectivity index (χ3v) is 6.39. The fourth-order valence-corrected chi connectivity index (χ4v) is 4.76. The second-order valence-electron chi connectivity index (χ2n) is 8.69. The largest absolute Gasteiger partial charge is 0.347 e. The number of benzene rings is 3. The standard InChI is InChI=1S/C28H27N3/c1-28(2)23-16-10-11-17-25(23)30(3)27(28)18-19-31-26(22-14-8-5-9-15-22)20-24(29-31)21-12-6-4-7-13-21/h4-18,20H,19H2,1-3H3/p+1. The molecule has 5 rings (SSSR count). The number of nitrogens with zero attached hydrogens (tertiary/aromatic N) is 2. The van der Waals surface area contributed by atoms with Crippen LogP contribution in [0.4, 0.5) is 5.69 Å². The average Bonchev–Trinajstić information content (AvgIpc) is 3.31. The fourth-order valence-electron chi connectivity index (χ4n) is 4.76. The Kier molecular flexibility index (Phi) is 4.74. The van der Waals surface area contributed by atoms with Gasteiger partial charge in [0.25, 0.3) is 0 Å². The van der Waals surface area contributed by atoms with E-state index in [1.54, 1.807) is 0 Å². The van der Waals surface area contributed by atoms with Crippen LogP contribution in [0.2, 0.25) is 0 Å². The smallest absolute Gasteiger partial charge is 0.239 e. The van der Waals surface area contributed by atoms with Gasteiger partial charge in [-0.15, -0.1) is 4.68 Å². The van der Waals surface area contributed by atoms with Gasteiger partial charge in [-0.05, 0) is 23.8 Å². The topological polar surface area (TPSA) is 22.9 Å². The van der Waals surface area contributed by atoms with Gasteiger partial charge in [-0.25, -0.2) is 0 Å². The number of aromatic amines is 1. The van der Waals surface area contributed by atoms with Crippen LogP contribution in [0.5, 0.6) is 0 Å². The quantitative estimate of drug-likeness (QED) is 0.416. The molecule has 1 aliphatic heterocycles. The van der Waals surface area contributed by atoms with E-state index in [0.29, 0.717) is 0 Å². The maximum Gasteiger partial charge on any atom is 0.239 e. The van der Waals surface area contributed by atoms with Crippen LogP contribution in [0.3, 0.4) is 0 Å². The lowest BCUT2D eigenvalue weighted by molar-refractivity contribution is -0.730. The van der Waals surface area contributed by atoms with Crippen molar-refractivity contribution in [1.29, 1.82) is 0 Å². The summed E-state index contributed by atoms with van der Waals surface area (Å²) in [6.45, 7) is 5.40. The number of H-pyrrole nitrogens is 1. The molecule has 0 bridgehead atoms. The number of nitrogens with one attached hydrogen (secondary N) is 1. The van der Waals surface area contributed by atoms with Crippen molar-refractivity contribution < 1.29 is 4.68 Å². The van der Waals surface area contributed by atoms with Crippen LogP contribution in [-0.2, 0) is 12.0 Å². The molecule has 0 amide bonds. The Balaban J connectivity index is 1.56. The molecule has 31 heavy (non-hydrogen) atoms. The summed E-state index contributed by atoms with van der Waals surface area (Å²) in [7, 11) is 2.17. The highest BCUT2D eigenvalue weighted by Crippen LogP contribution is 2.46. The van der Waals surface area contributed by atoms with Gasteiger partial charge < -0.3 is 4.90 Å². The van der Waals surface area contributed by atoms with Gasteiger partial charge in [0.1, 0.15) is 5.69 Å². The highest BCUT2D eigenvalue weighted by Gasteiger charge is 2.38. The molecule has 3 nitrogen and oxygen atoms in total. The summed E-state index contributed by atoms with van der Waals surface area (Å²) < 4.78 is 2.25. The monoisotopic (exact) mass is 406 g/mol. The minimum atomic E-state index is -0.0202. The maximum absolute atomic E-state index is 3.64. The summed E-state index contributed by atoms with van der Waals surface area (Å²) in [6, 6.07) is 32.1. The van der Waals surface area contributed by atoms with Crippen LogP contribution in [0, 0.1) is 0 Å². The molecule has 0 atom stereocenters. The van der Waals surface area contributed by atoms with Gasteiger partial charge in [-0.1, -0.05) is 80.6 Å². The average molecular weight is 407 g/mol. The summed E-state index contributed by atoms with van der Waals surface area (Å²) in [6.07, 6.45) is 2.36. The number of para-hydroxylation sites is 1. The minimum Gasteiger partial charge on any atom is -0.347 e. The molecule has 0 saturated heterocycles. The van der Waals surface area contributed by atoms with E-state index in [-0.39, 0.29) is 5.41 Å².